The van der Waals surface area contributed by atoms with Crippen LogP contribution in [0, 0.1) is 0 Å². The van der Waals surface area contributed by atoms with Crippen molar-refractivity contribution in [2.75, 3.05) is 0 Å². The fourth-order valence-corrected chi connectivity index (χ4v) is 1.28. The number of nitrogens with zero attached hydrogens (tertiary/aromatic N) is 2. The molecule has 0 spiro atoms. The van der Waals surface area contributed by atoms with Gasteiger partial charge in [-0.3, -0.25) is 9.78 Å². The van der Waals surface area contributed by atoms with Gasteiger partial charge in [-0.25, -0.2) is 9.78 Å². The molecule has 0 unspecified atom stereocenters. The lowest BCUT2D eigenvalue weighted by molar-refractivity contribution is 0.639. The molecule has 2 aromatic rings. The van der Waals surface area contributed by atoms with Crippen LogP contribution in [0.1, 0.15) is 5.69 Å². The summed E-state index contributed by atoms with van der Waals surface area (Å²) in [5.74, 6) is 0. The monoisotopic (exact) mass is 206 g/mol. The Balaban J connectivity index is 2.12. The Kier molecular flexibility index (Phi) is 2.49. The number of hydrogen-bond donors (Lipinski definition) is 2. The minimum absolute atomic E-state index is 0.377. The van der Waals surface area contributed by atoms with Crippen molar-refractivity contribution in [3.8, 4) is 0 Å². The molecule has 0 amide bonds. The van der Waals surface area contributed by atoms with Crippen molar-refractivity contribution in [2.45, 2.75) is 13.0 Å². The van der Waals surface area contributed by atoms with E-state index < -0.39 is 0 Å². The van der Waals surface area contributed by atoms with E-state index in [2.05, 4.69) is 15.0 Å². The molecule has 78 valence electrons. The van der Waals surface area contributed by atoms with E-state index in [0.717, 1.165) is 5.69 Å². The summed E-state index contributed by atoms with van der Waals surface area (Å²) in [6, 6.07) is 1.33. The molecule has 0 atom stereocenters. The standard InChI is InChI=1S/C9H10N4O2/c14-8-2-4-13(9(15)12-8)3-1-7-5-10-6-11-7/h2,4-6H,1,3H2,(H,10,11)(H,12,14,15). The molecule has 2 rings (SSSR count). The van der Waals surface area contributed by atoms with Gasteiger partial charge in [-0.1, -0.05) is 0 Å². The highest BCUT2D eigenvalue weighted by Gasteiger charge is 1.98. The van der Waals surface area contributed by atoms with Crippen LogP contribution in [0.25, 0.3) is 0 Å². The maximum Gasteiger partial charge on any atom is 0.328 e. The van der Waals surface area contributed by atoms with Crippen LogP contribution in [0.2, 0.25) is 0 Å². The molecule has 0 radical (unpaired) electrons. The maximum atomic E-state index is 11.3. The van der Waals surface area contributed by atoms with Crippen LogP contribution in [0.3, 0.4) is 0 Å². The van der Waals surface area contributed by atoms with Gasteiger partial charge >= 0.3 is 5.69 Å². The van der Waals surface area contributed by atoms with E-state index in [-0.39, 0.29) is 11.2 Å². The summed E-state index contributed by atoms with van der Waals surface area (Å²) in [4.78, 5) is 31.1. The number of H-pyrrole nitrogens is 2. The maximum absolute atomic E-state index is 11.3. The van der Waals surface area contributed by atoms with Crippen molar-refractivity contribution < 1.29 is 0 Å². The predicted octanol–water partition coefficient (Wildman–Crippen LogP) is -0.498. The molecule has 2 heterocycles. The number of hydrogen-bond acceptors (Lipinski definition) is 3. The second-order valence-corrected chi connectivity index (χ2v) is 3.13. The van der Waals surface area contributed by atoms with Crippen molar-refractivity contribution in [3.63, 3.8) is 0 Å². The van der Waals surface area contributed by atoms with Gasteiger partial charge in [0.25, 0.3) is 5.56 Å². The van der Waals surface area contributed by atoms with Gasteiger partial charge in [0.15, 0.2) is 0 Å². The van der Waals surface area contributed by atoms with E-state index in [4.69, 9.17) is 0 Å². The van der Waals surface area contributed by atoms with Crippen LogP contribution in [0.5, 0.6) is 0 Å². The lowest BCUT2D eigenvalue weighted by atomic mass is 10.3. The highest BCUT2D eigenvalue weighted by Crippen LogP contribution is 1.93. The molecular weight excluding hydrogens is 196 g/mol. The van der Waals surface area contributed by atoms with Gasteiger partial charge in [-0.05, 0) is 0 Å². The fraction of sp³-hybridized carbons (Fsp3) is 0.222. The van der Waals surface area contributed by atoms with Crippen LogP contribution in [0.4, 0.5) is 0 Å². The summed E-state index contributed by atoms with van der Waals surface area (Å²) < 4.78 is 1.45. The van der Waals surface area contributed by atoms with E-state index in [1.807, 2.05) is 0 Å². The molecule has 0 aromatic carbocycles. The summed E-state index contributed by atoms with van der Waals surface area (Å²) >= 11 is 0. The number of aryl methyl sites for hydroxylation is 2. The van der Waals surface area contributed by atoms with Crippen LogP contribution in [-0.4, -0.2) is 19.5 Å². The Morgan fingerprint density at radius 3 is 2.93 bits per heavy atom. The van der Waals surface area contributed by atoms with Gasteiger partial charge in [0, 0.05) is 37.1 Å². The Bertz CT molecular complexity index is 538. The zero-order valence-corrected chi connectivity index (χ0v) is 7.93. The zero-order valence-electron chi connectivity index (χ0n) is 7.93. The third-order valence-electron chi connectivity index (χ3n) is 2.07. The minimum Gasteiger partial charge on any atom is -0.348 e. The molecule has 0 saturated heterocycles. The summed E-state index contributed by atoms with van der Waals surface area (Å²) in [6.07, 6.45) is 5.45. The third kappa shape index (κ3) is 2.22. The number of aromatic nitrogens is 4. The van der Waals surface area contributed by atoms with E-state index in [1.54, 1.807) is 12.5 Å². The molecule has 2 aromatic heterocycles. The largest absolute Gasteiger partial charge is 0.348 e. The van der Waals surface area contributed by atoms with Crippen LogP contribution >= 0.6 is 0 Å². The lowest BCUT2D eigenvalue weighted by Crippen LogP contribution is -2.29. The van der Waals surface area contributed by atoms with Crippen molar-refractivity contribution in [2.24, 2.45) is 0 Å². The van der Waals surface area contributed by atoms with E-state index in [0.29, 0.717) is 13.0 Å². The first-order valence-electron chi connectivity index (χ1n) is 4.53. The number of rotatable bonds is 3. The second kappa shape index (κ2) is 3.95. The number of imidazole rings is 1. The van der Waals surface area contributed by atoms with Crippen LogP contribution < -0.4 is 11.2 Å². The van der Waals surface area contributed by atoms with Gasteiger partial charge in [-0.15, -0.1) is 0 Å². The summed E-state index contributed by atoms with van der Waals surface area (Å²) in [7, 11) is 0. The average molecular weight is 206 g/mol. The Morgan fingerprint density at radius 1 is 1.40 bits per heavy atom. The van der Waals surface area contributed by atoms with Gasteiger partial charge in [-0.2, -0.15) is 0 Å². The molecule has 0 aliphatic heterocycles. The Labute approximate surface area is 84.6 Å². The lowest BCUT2D eigenvalue weighted by Gasteiger charge is -2.01. The molecule has 2 N–H and O–H groups in total. The Hall–Kier alpha value is -2.11. The third-order valence-corrected chi connectivity index (χ3v) is 2.07. The molecular formula is C9H10N4O2. The first-order chi connectivity index (χ1) is 7.25. The second-order valence-electron chi connectivity index (χ2n) is 3.13. The molecule has 6 heteroatoms. The highest BCUT2D eigenvalue weighted by molar-refractivity contribution is 4.94. The van der Waals surface area contributed by atoms with Gasteiger partial charge in [0.2, 0.25) is 0 Å². The van der Waals surface area contributed by atoms with Crippen LogP contribution in [-0.2, 0) is 13.0 Å². The zero-order chi connectivity index (χ0) is 10.7. The minimum atomic E-state index is -0.387. The van der Waals surface area contributed by atoms with E-state index in [9.17, 15) is 9.59 Å². The average Bonchev–Trinajstić information content (AvgIpc) is 2.69. The van der Waals surface area contributed by atoms with Crippen molar-refractivity contribution in [1.29, 1.82) is 0 Å². The quantitative estimate of drug-likeness (QED) is 0.710. The highest BCUT2D eigenvalue weighted by atomic mass is 16.2. The summed E-state index contributed by atoms with van der Waals surface area (Å²) in [6.45, 7) is 0.512. The van der Waals surface area contributed by atoms with Crippen molar-refractivity contribution >= 4 is 0 Å². The first kappa shape index (κ1) is 9.45. The molecule has 6 nitrogen and oxygen atoms in total. The fourth-order valence-electron chi connectivity index (χ4n) is 1.28. The predicted molar refractivity (Wildman–Crippen MR) is 53.6 cm³/mol. The molecule has 0 bridgehead atoms. The van der Waals surface area contributed by atoms with Crippen molar-refractivity contribution in [1.82, 2.24) is 19.5 Å². The summed E-state index contributed by atoms with van der Waals surface area (Å²) in [5, 5.41) is 0. The smallest absolute Gasteiger partial charge is 0.328 e. The van der Waals surface area contributed by atoms with Gasteiger partial charge < -0.3 is 9.55 Å². The topological polar surface area (TPSA) is 83.5 Å². The molecule has 0 aliphatic carbocycles. The SMILES string of the molecule is O=c1ccn(CCc2cnc[nH]2)c(=O)[nH]1. The van der Waals surface area contributed by atoms with Crippen molar-refractivity contribution in [3.05, 3.63) is 51.3 Å². The molecule has 0 fully saturated rings. The Morgan fingerprint density at radius 2 is 2.27 bits per heavy atom. The van der Waals surface area contributed by atoms with E-state index >= 15 is 0 Å². The molecule has 0 aliphatic rings. The normalized spacial score (nSPS) is 10.4. The van der Waals surface area contributed by atoms with Gasteiger partial charge in [0.1, 0.15) is 0 Å². The summed E-state index contributed by atoms with van der Waals surface area (Å²) in [5.41, 5.74) is 0.188. The molecule has 15 heavy (non-hydrogen) atoms. The van der Waals surface area contributed by atoms with Gasteiger partial charge in [0.05, 0.1) is 6.33 Å². The number of aromatic amines is 2. The first-order valence-corrected chi connectivity index (χ1v) is 4.53. The van der Waals surface area contributed by atoms with E-state index in [1.165, 1.54) is 16.8 Å². The molecule has 0 saturated carbocycles. The van der Waals surface area contributed by atoms with Crippen LogP contribution in [0.15, 0.2) is 34.4 Å². The number of nitrogens with one attached hydrogen (secondary N) is 2.